The standard InChI is InChI=1S/C17H25NO3/c1-13-6-8-18(9-7-13)11-16(20)12-21-17-5-3-4-15(10-17)14(2)19/h3-5,10,13,16,20H,6-9,11-12H2,1-2H3/t16-/m0/s1. The Morgan fingerprint density at radius 1 is 1.43 bits per heavy atom. The van der Waals surface area contributed by atoms with Gasteiger partial charge < -0.3 is 14.7 Å². The van der Waals surface area contributed by atoms with Crippen molar-refractivity contribution in [1.82, 2.24) is 4.90 Å². The molecule has 1 N–H and O–H groups in total. The minimum atomic E-state index is -0.501. The number of carbonyl (C=O) groups is 1. The van der Waals surface area contributed by atoms with Gasteiger partial charge in [0, 0.05) is 12.1 Å². The number of likely N-dealkylation sites (tertiary alicyclic amines) is 1. The van der Waals surface area contributed by atoms with Crippen LogP contribution in [0, 0.1) is 5.92 Å². The maximum atomic E-state index is 11.3. The van der Waals surface area contributed by atoms with Gasteiger partial charge in [-0.25, -0.2) is 0 Å². The molecule has 0 amide bonds. The molecule has 1 aromatic carbocycles. The summed E-state index contributed by atoms with van der Waals surface area (Å²) in [6, 6.07) is 7.09. The normalized spacial score (nSPS) is 18.4. The van der Waals surface area contributed by atoms with Crippen LogP contribution in [-0.2, 0) is 0 Å². The van der Waals surface area contributed by atoms with Gasteiger partial charge in [0.25, 0.3) is 0 Å². The van der Waals surface area contributed by atoms with Gasteiger partial charge in [0.1, 0.15) is 18.5 Å². The fourth-order valence-electron chi connectivity index (χ4n) is 2.59. The molecule has 1 saturated heterocycles. The first-order chi connectivity index (χ1) is 10.0. The quantitative estimate of drug-likeness (QED) is 0.818. The van der Waals surface area contributed by atoms with Gasteiger partial charge in [-0.3, -0.25) is 4.79 Å². The first-order valence-corrected chi connectivity index (χ1v) is 7.69. The summed E-state index contributed by atoms with van der Waals surface area (Å²) < 4.78 is 5.59. The lowest BCUT2D eigenvalue weighted by Gasteiger charge is -2.31. The van der Waals surface area contributed by atoms with Gasteiger partial charge in [0.2, 0.25) is 0 Å². The third-order valence-corrected chi connectivity index (χ3v) is 4.03. The molecule has 1 fully saturated rings. The zero-order chi connectivity index (χ0) is 15.2. The van der Waals surface area contributed by atoms with Crippen molar-refractivity contribution in [3.8, 4) is 5.75 Å². The second kappa shape index (κ2) is 7.57. The molecular weight excluding hydrogens is 266 g/mol. The predicted molar refractivity (Wildman–Crippen MR) is 82.8 cm³/mol. The predicted octanol–water partition coefficient (Wildman–Crippen LogP) is 2.36. The summed E-state index contributed by atoms with van der Waals surface area (Å²) in [5.74, 6) is 1.45. The van der Waals surface area contributed by atoms with E-state index in [1.54, 1.807) is 18.2 Å². The van der Waals surface area contributed by atoms with Crippen LogP contribution in [0.15, 0.2) is 24.3 Å². The summed E-state index contributed by atoms with van der Waals surface area (Å²) in [5.41, 5.74) is 0.631. The molecule has 1 aromatic rings. The Bertz CT molecular complexity index is 467. The molecule has 0 aliphatic carbocycles. The number of ether oxygens (including phenoxy) is 1. The van der Waals surface area contributed by atoms with Crippen molar-refractivity contribution in [2.24, 2.45) is 5.92 Å². The Morgan fingerprint density at radius 2 is 2.14 bits per heavy atom. The number of carbonyl (C=O) groups excluding carboxylic acids is 1. The van der Waals surface area contributed by atoms with Crippen molar-refractivity contribution >= 4 is 5.78 Å². The van der Waals surface area contributed by atoms with Crippen molar-refractivity contribution in [2.45, 2.75) is 32.8 Å². The van der Waals surface area contributed by atoms with Gasteiger partial charge in [-0.1, -0.05) is 19.1 Å². The molecule has 4 heteroatoms. The number of rotatable bonds is 6. The van der Waals surface area contributed by atoms with Crippen molar-refractivity contribution in [2.75, 3.05) is 26.2 Å². The highest BCUT2D eigenvalue weighted by Gasteiger charge is 2.18. The molecule has 0 saturated carbocycles. The Balaban J connectivity index is 1.77. The maximum Gasteiger partial charge on any atom is 0.159 e. The van der Waals surface area contributed by atoms with E-state index in [1.165, 1.54) is 19.8 Å². The molecule has 21 heavy (non-hydrogen) atoms. The molecule has 0 aromatic heterocycles. The summed E-state index contributed by atoms with van der Waals surface area (Å²) in [7, 11) is 0. The SMILES string of the molecule is CC(=O)c1cccc(OC[C@@H](O)CN2CCC(C)CC2)c1. The van der Waals surface area contributed by atoms with Gasteiger partial charge in [-0.2, -0.15) is 0 Å². The van der Waals surface area contributed by atoms with Crippen molar-refractivity contribution in [1.29, 1.82) is 0 Å². The number of Topliss-reactive ketones (excluding diaryl/α,β-unsaturated/α-hetero) is 1. The number of hydrogen-bond acceptors (Lipinski definition) is 4. The lowest BCUT2D eigenvalue weighted by atomic mass is 9.99. The number of ketones is 1. The van der Waals surface area contributed by atoms with E-state index in [0.29, 0.717) is 17.9 Å². The molecule has 0 bridgehead atoms. The number of benzene rings is 1. The molecule has 1 atom stereocenters. The fourth-order valence-corrected chi connectivity index (χ4v) is 2.59. The van der Waals surface area contributed by atoms with Crippen LogP contribution >= 0.6 is 0 Å². The Kier molecular flexibility index (Phi) is 5.76. The van der Waals surface area contributed by atoms with E-state index in [0.717, 1.165) is 19.0 Å². The van der Waals surface area contributed by atoms with E-state index in [4.69, 9.17) is 4.74 Å². The van der Waals surface area contributed by atoms with E-state index in [9.17, 15) is 9.90 Å². The summed E-state index contributed by atoms with van der Waals surface area (Å²) >= 11 is 0. The van der Waals surface area contributed by atoms with E-state index < -0.39 is 6.10 Å². The average molecular weight is 291 g/mol. The highest BCUT2D eigenvalue weighted by molar-refractivity contribution is 5.94. The number of nitrogens with zero attached hydrogens (tertiary/aromatic N) is 1. The van der Waals surface area contributed by atoms with Gasteiger partial charge in [0.05, 0.1) is 0 Å². The largest absolute Gasteiger partial charge is 0.491 e. The van der Waals surface area contributed by atoms with E-state index in [2.05, 4.69) is 11.8 Å². The third-order valence-electron chi connectivity index (χ3n) is 4.03. The van der Waals surface area contributed by atoms with Crippen LogP contribution in [0.4, 0.5) is 0 Å². The fraction of sp³-hybridized carbons (Fsp3) is 0.588. The maximum absolute atomic E-state index is 11.3. The second-order valence-corrected chi connectivity index (χ2v) is 6.03. The van der Waals surface area contributed by atoms with Gasteiger partial charge in [0.15, 0.2) is 5.78 Å². The molecule has 2 rings (SSSR count). The minimum Gasteiger partial charge on any atom is -0.491 e. The first kappa shape index (κ1) is 16.0. The molecule has 0 spiro atoms. The smallest absolute Gasteiger partial charge is 0.159 e. The lowest BCUT2D eigenvalue weighted by molar-refractivity contribution is 0.0563. The Morgan fingerprint density at radius 3 is 2.81 bits per heavy atom. The van der Waals surface area contributed by atoms with Crippen LogP contribution < -0.4 is 4.74 Å². The summed E-state index contributed by atoms with van der Waals surface area (Å²) in [6.07, 6.45) is 1.90. The molecule has 0 unspecified atom stereocenters. The molecule has 1 heterocycles. The molecular formula is C17H25NO3. The minimum absolute atomic E-state index is 0.0171. The number of aliphatic hydroxyl groups excluding tert-OH is 1. The highest BCUT2D eigenvalue weighted by Crippen LogP contribution is 2.17. The van der Waals surface area contributed by atoms with Crippen LogP contribution in [-0.4, -0.2) is 48.1 Å². The monoisotopic (exact) mass is 291 g/mol. The van der Waals surface area contributed by atoms with Gasteiger partial charge in [-0.15, -0.1) is 0 Å². The number of piperidine rings is 1. The zero-order valence-corrected chi connectivity index (χ0v) is 12.9. The first-order valence-electron chi connectivity index (χ1n) is 7.69. The van der Waals surface area contributed by atoms with Gasteiger partial charge in [-0.05, 0) is 50.9 Å². The molecule has 0 radical (unpaired) electrons. The lowest BCUT2D eigenvalue weighted by Crippen LogP contribution is -2.40. The van der Waals surface area contributed by atoms with Crippen LogP contribution in [0.25, 0.3) is 0 Å². The van der Waals surface area contributed by atoms with E-state index in [-0.39, 0.29) is 12.4 Å². The third kappa shape index (κ3) is 5.14. The summed E-state index contributed by atoms with van der Waals surface area (Å²) in [6.45, 7) is 6.83. The number of hydrogen-bond donors (Lipinski definition) is 1. The molecule has 116 valence electrons. The van der Waals surface area contributed by atoms with E-state index in [1.807, 2.05) is 6.07 Å². The summed E-state index contributed by atoms with van der Waals surface area (Å²) in [5, 5.41) is 10.1. The zero-order valence-electron chi connectivity index (χ0n) is 12.9. The number of aliphatic hydroxyl groups is 1. The van der Waals surface area contributed by atoms with E-state index >= 15 is 0 Å². The van der Waals surface area contributed by atoms with Crippen LogP contribution in [0.3, 0.4) is 0 Å². The van der Waals surface area contributed by atoms with Crippen LogP contribution in [0.5, 0.6) is 5.75 Å². The topological polar surface area (TPSA) is 49.8 Å². The Labute approximate surface area is 126 Å². The van der Waals surface area contributed by atoms with Crippen molar-refractivity contribution in [3.63, 3.8) is 0 Å². The van der Waals surface area contributed by atoms with Crippen LogP contribution in [0.2, 0.25) is 0 Å². The average Bonchev–Trinajstić information content (AvgIpc) is 2.48. The van der Waals surface area contributed by atoms with Gasteiger partial charge >= 0.3 is 0 Å². The van der Waals surface area contributed by atoms with Crippen molar-refractivity contribution < 1.29 is 14.6 Å². The Hall–Kier alpha value is -1.39. The molecule has 1 aliphatic heterocycles. The molecule has 1 aliphatic rings. The summed E-state index contributed by atoms with van der Waals surface area (Å²) in [4.78, 5) is 13.6. The number of β-amino-alcohol motifs (C(OH)–C–C–N with tert-alkyl or cyclic N) is 1. The second-order valence-electron chi connectivity index (χ2n) is 6.03. The van der Waals surface area contributed by atoms with Crippen LogP contribution in [0.1, 0.15) is 37.0 Å². The van der Waals surface area contributed by atoms with Crippen molar-refractivity contribution in [3.05, 3.63) is 29.8 Å². The molecule has 4 nitrogen and oxygen atoms in total. The highest BCUT2D eigenvalue weighted by atomic mass is 16.5.